The predicted molar refractivity (Wildman–Crippen MR) is 96.4 cm³/mol. The zero-order valence-corrected chi connectivity index (χ0v) is 13.5. The second-order valence-corrected chi connectivity index (χ2v) is 6.06. The first-order valence-corrected chi connectivity index (χ1v) is 8.25. The molecule has 0 saturated carbocycles. The van der Waals surface area contributed by atoms with Gasteiger partial charge in [-0.25, -0.2) is 0 Å². The number of benzene rings is 3. The average Bonchev–Trinajstić information content (AvgIpc) is 2.67. The van der Waals surface area contributed by atoms with Crippen LogP contribution >= 0.6 is 0 Å². The van der Waals surface area contributed by atoms with E-state index in [4.69, 9.17) is 0 Å². The summed E-state index contributed by atoms with van der Waals surface area (Å²) < 4.78 is 0. The van der Waals surface area contributed by atoms with E-state index < -0.39 is 12.2 Å². The average molecular weight is 318 g/mol. The van der Waals surface area contributed by atoms with Gasteiger partial charge in [0.2, 0.25) is 0 Å². The van der Waals surface area contributed by atoms with E-state index in [1.165, 1.54) is 0 Å². The summed E-state index contributed by atoms with van der Waals surface area (Å²) in [6.45, 7) is 0. The minimum Gasteiger partial charge on any atom is -0.388 e. The van der Waals surface area contributed by atoms with E-state index in [9.17, 15) is 10.2 Å². The zero-order chi connectivity index (χ0) is 16.8. The SMILES string of the molecule is O[C@@H](c1ccccc1)C(Cc1ccccc1)[C@@H](O)c1ccccc1. The minimum atomic E-state index is -0.735. The second kappa shape index (κ2) is 7.91. The molecular weight excluding hydrogens is 296 g/mol. The molecule has 2 heteroatoms. The Bertz CT molecular complexity index is 680. The highest BCUT2D eigenvalue weighted by molar-refractivity contribution is 5.24. The lowest BCUT2D eigenvalue weighted by atomic mass is 9.83. The molecule has 0 aliphatic heterocycles. The van der Waals surface area contributed by atoms with Crippen LogP contribution < -0.4 is 0 Å². The third-order valence-corrected chi connectivity index (χ3v) is 4.41. The number of rotatable bonds is 6. The fourth-order valence-electron chi connectivity index (χ4n) is 3.08. The molecule has 3 aromatic rings. The Morgan fingerprint density at radius 3 is 1.33 bits per heavy atom. The summed E-state index contributed by atoms with van der Waals surface area (Å²) in [5, 5.41) is 21.8. The van der Waals surface area contributed by atoms with Gasteiger partial charge in [0.15, 0.2) is 0 Å². The van der Waals surface area contributed by atoms with Gasteiger partial charge < -0.3 is 10.2 Å². The topological polar surface area (TPSA) is 40.5 Å². The van der Waals surface area contributed by atoms with Crippen LogP contribution in [0.4, 0.5) is 0 Å². The summed E-state index contributed by atoms with van der Waals surface area (Å²) in [5.41, 5.74) is 2.76. The zero-order valence-electron chi connectivity index (χ0n) is 13.5. The molecule has 0 bridgehead atoms. The maximum absolute atomic E-state index is 10.9. The van der Waals surface area contributed by atoms with Crippen LogP contribution in [0.1, 0.15) is 28.9 Å². The van der Waals surface area contributed by atoms with E-state index in [0.717, 1.165) is 16.7 Å². The molecule has 0 unspecified atom stereocenters. The van der Waals surface area contributed by atoms with Crippen molar-refractivity contribution in [1.29, 1.82) is 0 Å². The largest absolute Gasteiger partial charge is 0.388 e. The Morgan fingerprint density at radius 2 is 0.917 bits per heavy atom. The maximum atomic E-state index is 10.9. The van der Waals surface area contributed by atoms with Crippen molar-refractivity contribution in [3.63, 3.8) is 0 Å². The fraction of sp³-hybridized carbons (Fsp3) is 0.182. The van der Waals surface area contributed by atoms with E-state index in [1.807, 2.05) is 91.0 Å². The molecule has 0 heterocycles. The molecule has 24 heavy (non-hydrogen) atoms. The minimum absolute atomic E-state index is 0.322. The van der Waals surface area contributed by atoms with Crippen molar-refractivity contribution in [2.45, 2.75) is 18.6 Å². The maximum Gasteiger partial charge on any atom is 0.0849 e. The van der Waals surface area contributed by atoms with Crippen molar-refractivity contribution in [1.82, 2.24) is 0 Å². The van der Waals surface area contributed by atoms with Gasteiger partial charge in [-0.2, -0.15) is 0 Å². The summed E-state index contributed by atoms with van der Waals surface area (Å²) in [5.74, 6) is -0.322. The molecule has 3 aromatic carbocycles. The Hall–Kier alpha value is -2.42. The number of hydrogen-bond acceptors (Lipinski definition) is 2. The summed E-state index contributed by atoms with van der Waals surface area (Å²) in [4.78, 5) is 0. The summed E-state index contributed by atoms with van der Waals surface area (Å²) in [7, 11) is 0. The highest BCUT2D eigenvalue weighted by Gasteiger charge is 2.29. The van der Waals surface area contributed by atoms with Crippen LogP contribution in [0.3, 0.4) is 0 Å². The van der Waals surface area contributed by atoms with Crippen LogP contribution in [0.2, 0.25) is 0 Å². The molecule has 0 aromatic heterocycles. The molecule has 0 amide bonds. The molecule has 0 spiro atoms. The van der Waals surface area contributed by atoms with Crippen molar-refractivity contribution in [2.75, 3.05) is 0 Å². The Morgan fingerprint density at radius 1 is 0.542 bits per heavy atom. The highest BCUT2D eigenvalue weighted by Crippen LogP contribution is 2.35. The molecule has 0 fully saturated rings. The first-order chi connectivity index (χ1) is 11.8. The molecule has 0 aliphatic carbocycles. The van der Waals surface area contributed by atoms with Crippen molar-refractivity contribution in [3.8, 4) is 0 Å². The van der Waals surface area contributed by atoms with Gasteiger partial charge >= 0.3 is 0 Å². The molecule has 2 atom stereocenters. The molecule has 2 nitrogen and oxygen atoms in total. The van der Waals surface area contributed by atoms with Crippen LogP contribution in [0.15, 0.2) is 91.0 Å². The standard InChI is InChI=1S/C22H22O2/c23-21(18-12-6-2-7-13-18)20(16-17-10-4-1-5-11-17)22(24)19-14-8-3-9-15-19/h1-15,20-24H,16H2/t21-,22-/m0/s1. The van der Waals surface area contributed by atoms with Crippen LogP contribution in [-0.2, 0) is 6.42 Å². The monoisotopic (exact) mass is 318 g/mol. The van der Waals surface area contributed by atoms with E-state index in [2.05, 4.69) is 0 Å². The van der Waals surface area contributed by atoms with Crippen molar-refractivity contribution < 1.29 is 10.2 Å². The van der Waals surface area contributed by atoms with Crippen molar-refractivity contribution in [3.05, 3.63) is 108 Å². The molecule has 3 rings (SSSR count). The molecule has 2 N–H and O–H groups in total. The molecular formula is C22H22O2. The quantitative estimate of drug-likeness (QED) is 0.711. The highest BCUT2D eigenvalue weighted by atomic mass is 16.3. The summed E-state index contributed by atoms with van der Waals surface area (Å²) in [6.07, 6.45) is -0.865. The van der Waals surface area contributed by atoms with E-state index >= 15 is 0 Å². The van der Waals surface area contributed by atoms with E-state index in [-0.39, 0.29) is 5.92 Å². The lowest BCUT2D eigenvalue weighted by molar-refractivity contribution is 0.00998. The number of aliphatic hydroxyl groups is 2. The molecule has 0 aliphatic rings. The Kier molecular flexibility index (Phi) is 5.42. The van der Waals surface area contributed by atoms with Crippen molar-refractivity contribution >= 4 is 0 Å². The molecule has 0 saturated heterocycles. The normalized spacial score (nSPS) is 13.6. The van der Waals surface area contributed by atoms with Gasteiger partial charge in [-0.1, -0.05) is 91.0 Å². The lowest BCUT2D eigenvalue weighted by Crippen LogP contribution is -2.23. The third kappa shape index (κ3) is 3.91. The van der Waals surface area contributed by atoms with Crippen LogP contribution in [0.5, 0.6) is 0 Å². The van der Waals surface area contributed by atoms with Gasteiger partial charge in [-0.3, -0.25) is 0 Å². The van der Waals surface area contributed by atoms with Gasteiger partial charge in [0.1, 0.15) is 0 Å². The van der Waals surface area contributed by atoms with Crippen LogP contribution in [0.25, 0.3) is 0 Å². The smallest absolute Gasteiger partial charge is 0.0849 e. The lowest BCUT2D eigenvalue weighted by Gasteiger charge is -2.28. The fourth-order valence-corrected chi connectivity index (χ4v) is 3.08. The summed E-state index contributed by atoms with van der Waals surface area (Å²) >= 11 is 0. The second-order valence-electron chi connectivity index (χ2n) is 6.06. The van der Waals surface area contributed by atoms with Gasteiger partial charge in [-0.05, 0) is 23.1 Å². The van der Waals surface area contributed by atoms with Gasteiger partial charge in [0.05, 0.1) is 12.2 Å². The van der Waals surface area contributed by atoms with Crippen LogP contribution in [0, 0.1) is 5.92 Å². The number of aliphatic hydroxyl groups excluding tert-OH is 2. The number of hydrogen-bond donors (Lipinski definition) is 2. The van der Waals surface area contributed by atoms with Gasteiger partial charge in [0.25, 0.3) is 0 Å². The summed E-state index contributed by atoms with van der Waals surface area (Å²) in [6, 6.07) is 29.1. The Balaban J connectivity index is 1.91. The molecule has 122 valence electrons. The Labute approximate surface area is 143 Å². The van der Waals surface area contributed by atoms with Gasteiger partial charge in [-0.15, -0.1) is 0 Å². The molecule has 0 radical (unpaired) electrons. The van der Waals surface area contributed by atoms with E-state index in [0.29, 0.717) is 6.42 Å². The predicted octanol–water partition coefficient (Wildman–Crippen LogP) is 4.31. The first kappa shape index (κ1) is 16.4. The van der Waals surface area contributed by atoms with Crippen LogP contribution in [-0.4, -0.2) is 10.2 Å². The third-order valence-electron chi connectivity index (χ3n) is 4.41. The van der Waals surface area contributed by atoms with E-state index in [1.54, 1.807) is 0 Å². The van der Waals surface area contributed by atoms with Crippen molar-refractivity contribution in [2.24, 2.45) is 5.92 Å². The van der Waals surface area contributed by atoms with Gasteiger partial charge in [0, 0.05) is 5.92 Å². The first-order valence-electron chi connectivity index (χ1n) is 8.25.